The minimum absolute atomic E-state index is 0.00254. The number of amides is 2. The minimum Gasteiger partial charge on any atom is -0.468 e. The Labute approximate surface area is 251 Å². The molecule has 2 heterocycles. The van der Waals surface area contributed by atoms with Crippen LogP contribution >= 0.6 is 0 Å². The van der Waals surface area contributed by atoms with Crippen molar-refractivity contribution >= 4 is 17.8 Å². The number of benzene rings is 2. The quantitative estimate of drug-likeness (QED) is 0.245. The molecule has 238 valence electrons. The summed E-state index contributed by atoms with van der Waals surface area (Å²) in [6, 6.07) is 5.76. The van der Waals surface area contributed by atoms with Crippen LogP contribution in [0.15, 0.2) is 48.5 Å². The summed E-state index contributed by atoms with van der Waals surface area (Å²) in [4.78, 5) is 42.8. The first-order chi connectivity index (χ1) is 20.4. The van der Waals surface area contributed by atoms with Crippen molar-refractivity contribution in [1.82, 2.24) is 10.2 Å². The van der Waals surface area contributed by atoms with Gasteiger partial charge in [0, 0.05) is 6.04 Å². The number of nitrogens with zero attached hydrogens (tertiary/aromatic N) is 1. The highest BCUT2D eigenvalue weighted by atomic mass is 19.4. The van der Waals surface area contributed by atoms with Crippen molar-refractivity contribution in [3.63, 3.8) is 0 Å². The molecule has 0 spiro atoms. The molecule has 1 saturated carbocycles. The number of fused-ring (bicyclic) bond motifs is 1. The van der Waals surface area contributed by atoms with Crippen molar-refractivity contribution in [2.75, 3.05) is 7.11 Å². The normalized spacial score (nSPS) is 27.4. The van der Waals surface area contributed by atoms with Crippen molar-refractivity contribution in [1.29, 1.82) is 0 Å². The van der Waals surface area contributed by atoms with Gasteiger partial charge in [0.1, 0.15) is 6.04 Å². The van der Waals surface area contributed by atoms with Crippen LogP contribution in [-0.2, 0) is 37.0 Å². The van der Waals surface area contributed by atoms with E-state index in [0.29, 0.717) is 18.8 Å². The highest BCUT2D eigenvalue weighted by molar-refractivity contribution is 6.09. The average molecular weight is 625 g/mol. The van der Waals surface area contributed by atoms with Crippen LogP contribution in [0.1, 0.15) is 68.7 Å². The lowest BCUT2D eigenvalue weighted by atomic mass is 9.70. The number of methoxy groups -OCH3 is 1. The van der Waals surface area contributed by atoms with E-state index in [1.807, 2.05) is 0 Å². The standard InChI is InChI=1S/C32H34F6N2O4/c1-29(2,3)17-11-13-22(14-12-17)40-26(41)23-24(27(40)42)30(39-25(23)28(43)44-4,18-7-5-9-20(15-18)31(33,34)35)19-8-6-10-21(16-19)32(36,37)38/h5-10,15-17,22-25,39H,11-14H2,1-4H3/t17?,22?,23-,24-,25+/m0/s1. The molecule has 3 atom stereocenters. The molecule has 2 aliphatic heterocycles. The summed E-state index contributed by atoms with van der Waals surface area (Å²) in [6.07, 6.45) is -7.20. The van der Waals surface area contributed by atoms with E-state index < -0.39 is 70.7 Å². The molecule has 2 amide bonds. The Kier molecular flexibility index (Phi) is 7.92. The fourth-order valence-electron chi connectivity index (χ4n) is 7.40. The van der Waals surface area contributed by atoms with Gasteiger partial charge < -0.3 is 4.74 Å². The van der Waals surface area contributed by atoms with Gasteiger partial charge in [-0.05, 0) is 72.4 Å². The second-order valence-corrected chi connectivity index (χ2v) is 13.0. The van der Waals surface area contributed by atoms with Crippen molar-refractivity contribution in [3.05, 3.63) is 70.8 Å². The molecule has 3 fully saturated rings. The Bertz CT molecular complexity index is 1400. The summed E-state index contributed by atoms with van der Waals surface area (Å²) in [5.41, 5.74) is -4.70. The maximum Gasteiger partial charge on any atom is 0.416 e. The van der Waals surface area contributed by atoms with Crippen molar-refractivity contribution in [2.45, 2.75) is 76.4 Å². The molecule has 5 rings (SSSR count). The van der Waals surface area contributed by atoms with Gasteiger partial charge in [0.2, 0.25) is 11.8 Å². The lowest BCUT2D eigenvalue weighted by molar-refractivity contribution is -0.150. The number of likely N-dealkylation sites (tertiary alicyclic amines) is 1. The Morgan fingerprint density at radius 3 is 1.77 bits per heavy atom. The van der Waals surface area contributed by atoms with Crippen LogP contribution in [0.2, 0.25) is 0 Å². The lowest BCUT2D eigenvalue weighted by Crippen LogP contribution is -2.53. The van der Waals surface area contributed by atoms with Crippen molar-refractivity contribution in [3.8, 4) is 0 Å². The molecule has 1 aliphatic carbocycles. The average Bonchev–Trinajstić information content (AvgIpc) is 3.45. The molecule has 44 heavy (non-hydrogen) atoms. The highest BCUT2D eigenvalue weighted by Crippen LogP contribution is 2.54. The van der Waals surface area contributed by atoms with E-state index in [1.165, 1.54) is 12.1 Å². The topological polar surface area (TPSA) is 75.7 Å². The molecule has 2 aromatic rings. The number of hydrogen-bond acceptors (Lipinski definition) is 5. The number of hydrogen-bond donors (Lipinski definition) is 1. The largest absolute Gasteiger partial charge is 0.468 e. The summed E-state index contributed by atoms with van der Waals surface area (Å²) in [5.74, 6) is -4.99. The Balaban J connectivity index is 1.70. The summed E-state index contributed by atoms with van der Waals surface area (Å²) >= 11 is 0. The van der Waals surface area contributed by atoms with Gasteiger partial charge in [0.15, 0.2) is 0 Å². The fraction of sp³-hybridized carbons (Fsp3) is 0.531. The van der Waals surface area contributed by atoms with Crippen LogP contribution in [0.5, 0.6) is 0 Å². The van der Waals surface area contributed by atoms with E-state index in [4.69, 9.17) is 4.74 Å². The number of ether oxygens (including phenoxy) is 1. The Morgan fingerprint density at radius 1 is 0.841 bits per heavy atom. The summed E-state index contributed by atoms with van der Waals surface area (Å²) in [5, 5.41) is 2.88. The molecule has 2 aromatic carbocycles. The van der Waals surface area contributed by atoms with Gasteiger partial charge in [0.25, 0.3) is 0 Å². The maximum absolute atomic E-state index is 14.4. The number of nitrogens with one attached hydrogen (secondary N) is 1. The molecular weight excluding hydrogens is 590 g/mol. The van der Waals surface area contributed by atoms with Crippen LogP contribution in [0.3, 0.4) is 0 Å². The van der Waals surface area contributed by atoms with Gasteiger partial charge in [-0.2, -0.15) is 26.3 Å². The van der Waals surface area contributed by atoms with Gasteiger partial charge in [-0.15, -0.1) is 0 Å². The second-order valence-electron chi connectivity index (χ2n) is 13.0. The third kappa shape index (κ3) is 5.28. The van der Waals surface area contributed by atoms with E-state index in [1.54, 1.807) is 0 Å². The third-order valence-electron chi connectivity index (χ3n) is 9.63. The monoisotopic (exact) mass is 624 g/mol. The first-order valence-electron chi connectivity index (χ1n) is 14.5. The van der Waals surface area contributed by atoms with E-state index in [0.717, 1.165) is 61.2 Å². The number of esters is 1. The molecule has 1 N–H and O–H groups in total. The summed E-state index contributed by atoms with van der Waals surface area (Å²) in [6.45, 7) is 6.33. The molecule has 0 unspecified atom stereocenters. The van der Waals surface area contributed by atoms with Gasteiger partial charge in [0.05, 0.1) is 35.6 Å². The molecular formula is C32H34F6N2O4. The number of imide groups is 1. The first-order valence-corrected chi connectivity index (χ1v) is 14.5. The summed E-state index contributed by atoms with van der Waals surface area (Å²) in [7, 11) is 1.06. The predicted octanol–water partition coefficient (Wildman–Crippen LogP) is 6.32. The zero-order chi connectivity index (χ0) is 32.4. The predicted molar refractivity (Wildman–Crippen MR) is 147 cm³/mol. The smallest absolute Gasteiger partial charge is 0.416 e. The zero-order valence-electron chi connectivity index (χ0n) is 24.7. The lowest BCUT2D eigenvalue weighted by Gasteiger charge is -2.41. The van der Waals surface area contributed by atoms with E-state index >= 15 is 0 Å². The molecule has 2 saturated heterocycles. The highest BCUT2D eigenvalue weighted by Gasteiger charge is 2.69. The number of rotatable bonds is 4. The first kappa shape index (κ1) is 32.0. The summed E-state index contributed by atoms with van der Waals surface area (Å²) < 4.78 is 88.4. The molecule has 0 radical (unpaired) electrons. The van der Waals surface area contributed by atoms with E-state index in [9.17, 15) is 40.7 Å². The molecule has 3 aliphatic rings. The fourth-order valence-corrected chi connectivity index (χ4v) is 7.40. The molecule has 6 nitrogen and oxygen atoms in total. The SMILES string of the molecule is COC(=O)[C@@H]1NC(c2cccc(C(F)(F)F)c2)(c2cccc(C(F)(F)F)c2)[C@@H]2C(=O)N(C3CCC(C(C)(C)C)CC3)C(=O)[C@@H]21. The Hall–Kier alpha value is -3.41. The molecule has 0 bridgehead atoms. The van der Waals surface area contributed by atoms with E-state index in [-0.39, 0.29) is 16.5 Å². The second kappa shape index (κ2) is 10.9. The van der Waals surface area contributed by atoms with Crippen molar-refractivity contribution < 1.29 is 45.5 Å². The van der Waals surface area contributed by atoms with Gasteiger partial charge in [-0.25, -0.2) is 0 Å². The third-order valence-corrected chi connectivity index (χ3v) is 9.63. The van der Waals surface area contributed by atoms with Crippen LogP contribution in [0.25, 0.3) is 0 Å². The van der Waals surface area contributed by atoms with Crippen LogP contribution in [0, 0.1) is 23.2 Å². The number of carbonyl (C=O) groups is 3. The number of alkyl halides is 6. The zero-order valence-corrected chi connectivity index (χ0v) is 24.7. The van der Waals surface area contributed by atoms with Crippen LogP contribution < -0.4 is 5.32 Å². The van der Waals surface area contributed by atoms with Gasteiger partial charge >= 0.3 is 18.3 Å². The Morgan fingerprint density at radius 2 is 1.34 bits per heavy atom. The number of carbonyl (C=O) groups excluding carboxylic acids is 3. The van der Waals surface area contributed by atoms with Crippen molar-refractivity contribution in [2.24, 2.45) is 23.2 Å². The molecule has 12 heteroatoms. The van der Waals surface area contributed by atoms with Crippen LogP contribution in [-0.4, -0.2) is 41.9 Å². The van der Waals surface area contributed by atoms with E-state index in [2.05, 4.69) is 26.1 Å². The number of halogens is 6. The molecule has 0 aromatic heterocycles. The maximum atomic E-state index is 14.4. The van der Waals surface area contributed by atoms with Crippen LogP contribution in [0.4, 0.5) is 26.3 Å². The van der Waals surface area contributed by atoms with Gasteiger partial charge in [-0.1, -0.05) is 45.0 Å². The minimum atomic E-state index is -4.82. The van der Waals surface area contributed by atoms with Gasteiger partial charge in [-0.3, -0.25) is 24.6 Å².